The summed E-state index contributed by atoms with van der Waals surface area (Å²) in [5.74, 6) is -1.23. The zero-order valence-electron chi connectivity index (χ0n) is 24.7. The second-order valence-electron chi connectivity index (χ2n) is 11.4. The fourth-order valence-corrected chi connectivity index (χ4v) is 5.85. The van der Waals surface area contributed by atoms with Gasteiger partial charge in [0.05, 0.1) is 11.9 Å². The minimum absolute atomic E-state index is 0.0246. The third kappa shape index (κ3) is 9.29. The van der Waals surface area contributed by atoms with E-state index in [1.165, 1.54) is 15.3 Å². The van der Waals surface area contributed by atoms with E-state index in [2.05, 4.69) is 5.32 Å². The summed E-state index contributed by atoms with van der Waals surface area (Å²) in [5, 5.41) is 3.41. The minimum Gasteiger partial charge on any atom is -0.350 e. The molecule has 0 bridgehead atoms. The van der Waals surface area contributed by atoms with Gasteiger partial charge in [-0.15, -0.1) is 0 Å². The summed E-state index contributed by atoms with van der Waals surface area (Å²) < 4.78 is 41.5. The molecule has 3 rings (SSSR count). The predicted molar refractivity (Wildman–Crippen MR) is 166 cm³/mol. The van der Waals surface area contributed by atoms with E-state index >= 15 is 0 Å². The number of carbonyl (C=O) groups excluding carboxylic acids is 2. The van der Waals surface area contributed by atoms with Crippen LogP contribution in [0.25, 0.3) is 0 Å². The first-order valence-electron chi connectivity index (χ1n) is 13.8. The molecule has 0 aromatic heterocycles. The Kier molecular flexibility index (Phi) is 11.2. The second kappa shape index (κ2) is 14.2. The van der Waals surface area contributed by atoms with Crippen LogP contribution in [0.4, 0.5) is 10.1 Å². The molecule has 0 saturated heterocycles. The zero-order chi connectivity index (χ0) is 31.1. The fraction of sp³-hybridized carbons (Fsp3) is 0.375. The van der Waals surface area contributed by atoms with Gasteiger partial charge in [0.1, 0.15) is 11.9 Å². The van der Waals surface area contributed by atoms with Crippen LogP contribution in [0.15, 0.2) is 72.8 Å². The summed E-state index contributed by atoms with van der Waals surface area (Å²) in [7, 11) is -3.68. The molecule has 0 heterocycles. The monoisotopic (exact) mass is 615 g/mol. The molecule has 42 heavy (non-hydrogen) atoms. The summed E-state index contributed by atoms with van der Waals surface area (Å²) >= 11 is 6.25. The molecule has 1 atom stereocenters. The highest BCUT2D eigenvalue weighted by Gasteiger charge is 2.33. The van der Waals surface area contributed by atoms with Gasteiger partial charge in [0.2, 0.25) is 21.8 Å². The normalized spacial score (nSPS) is 12.5. The summed E-state index contributed by atoms with van der Waals surface area (Å²) in [4.78, 5) is 28.9. The summed E-state index contributed by atoms with van der Waals surface area (Å²) in [6.45, 7) is 7.20. The van der Waals surface area contributed by atoms with E-state index in [-0.39, 0.29) is 49.7 Å². The van der Waals surface area contributed by atoms with Crippen molar-refractivity contribution in [2.75, 3.05) is 17.1 Å². The minimum atomic E-state index is -3.68. The van der Waals surface area contributed by atoms with Gasteiger partial charge in [-0.1, -0.05) is 66.2 Å². The Hall–Kier alpha value is -3.43. The van der Waals surface area contributed by atoms with Crippen LogP contribution >= 0.6 is 11.6 Å². The van der Waals surface area contributed by atoms with Crippen molar-refractivity contribution in [1.29, 1.82) is 0 Å². The number of halogens is 2. The number of hydrogen-bond donors (Lipinski definition) is 1. The van der Waals surface area contributed by atoms with Gasteiger partial charge in [-0.05, 0) is 63.4 Å². The maximum absolute atomic E-state index is 14.8. The second-order valence-corrected chi connectivity index (χ2v) is 13.7. The molecular formula is C32H39ClFN3O4S. The van der Waals surface area contributed by atoms with E-state index < -0.39 is 27.4 Å². The Morgan fingerprint density at radius 1 is 0.976 bits per heavy atom. The van der Waals surface area contributed by atoms with Gasteiger partial charge >= 0.3 is 0 Å². The predicted octanol–water partition coefficient (Wildman–Crippen LogP) is 5.89. The van der Waals surface area contributed by atoms with E-state index in [0.29, 0.717) is 16.3 Å². The molecule has 0 saturated carbocycles. The van der Waals surface area contributed by atoms with E-state index in [4.69, 9.17) is 11.6 Å². The van der Waals surface area contributed by atoms with Crippen molar-refractivity contribution < 1.29 is 22.4 Å². The highest BCUT2D eigenvalue weighted by molar-refractivity contribution is 7.92. The number of nitrogens with zero attached hydrogens (tertiary/aromatic N) is 2. The first-order valence-corrected chi connectivity index (χ1v) is 16.0. The number of rotatable bonds is 12. The van der Waals surface area contributed by atoms with Crippen LogP contribution in [0.2, 0.25) is 5.02 Å². The van der Waals surface area contributed by atoms with Gasteiger partial charge in [0, 0.05) is 42.1 Å². The Morgan fingerprint density at radius 2 is 1.62 bits per heavy atom. The Labute approximate surface area is 253 Å². The standard InChI is InChI=1S/C32H39ClFN3O4S/c1-23-26(33)16-11-18-28(23)37(42(5,40)41)20-12-19-30(38)36(22-25-15-9-10-17-27(25)34)29(31(39)35-32(2,3)4)21-24-13-7-6-8-14-24/h6-11,13-18,29H,12,19-22H2,1-5H3,(H,35,39)/t29-/m0/s1. The summed E-state index contributed by atoms with van der Waals surface area (Å²) in [5.41, 5.74) is 1.60. The third-order valence-corrected chi connectivity index (χ3v) is 8.32. The van der Waals surface area contributed by atoms with E-state index in [9.17, 15) is 22.4 Å². The molecule has 0 fully saturated rings. The van der Waals surface area contributed by atoms with Crippen molar-refractivity contribution in [3.63, 3.8) is 0 Å². The van der Waals surface area contributed by atoms with Gasteiger partial charge in [-0.2, -0.15) is 0 Å². The van der Waals surface area contributed by atoms with Crippen LogP contribution in [-0.4, -0.2) is 49.5 Å². The molecular weight excluding hydrogens is 577 g/mol. The highest BCUT2D eigenvalue weighted by atomic mass is 35.5. The number of carbonyl (C=O) groups is 2. The smallest absolute Gasteiger partial charge is 0.243 e. The largest absolute Gasteiger partial charge is 0.350 e. The first kappa shape index (κ1) is 33.1. The molecule has 7 nitrogen and oxygen atoms in total. The first-order chi connectivity index (χ1) is 19.7. The number of benzene rings is 3. The van der Waals surface area contributed by atoms with Gasteiger partial charge in [0.25, 0.3) is 0 Å². The van der Waals surface area contributed by atoms with Crippen LogP contribution in [0.1, 0.15) is 50.3 Å². The lowest BCUT2D eigenvalue weighted by Gasteiger charge is -2.34. The molecule has 0 radical (unpaired) electrons. The molecule has 0 aliphatic carbocycles. The average molecular weight is 616 g/mol. The molecule has 10 heteroatoms. The molecule has 3 aromatic rings. The number of hydrogen-bond acceptors (Lipinski definition) is 4. The van der Waals surface area contributed by atoms with Crippen molar-refractivity contribution in [1.82, 2.24) is 10.2 Å². The molecule has 0 spiro atoms. The Bertz CT molecular complexity index is 1490. The van der Waals surface area contributed by atoms with Crippen molar-refractivity contribution in [3.8, 4) is 0 Å². The maximum Gasteiger partial charge on any atom is 0.243 e. The van der Waals surface area contributed by atoms with Crippen molar-refractivity contribution in [2.24, 2.45) is 0 Å². The number of anilines is 1. The number of nitrogens with one attached hydrogen (secondary N) is 1. The Morgan fingerprint density at radius 3 is 2.24 bits per heavy atom. The molecule has 0 unspecified atom stereocenters. The van der Waals surface area contributed by atoms with Gasteiger partial charge in [0.15, 0.2) is 0 Å². The van der Waals surface area contributed by atoms with Crippen LogP contribution < -0.4 is 9.62 Å². The third-order valence-electron chi connectivity index (χ3n) is 6.73. The highest BCUT2D eigenvalue weighted by Crippen LogP contribution is 2.29. The summed E-state index contributed by atoms with van der Waals surface area (Å²) in [6, 6.07) is 19.6. The van der Waals surface area contributed by atoms with E-state index in [1.54, 1.807) is 43.3 Å². The van der Waals surface area contributed by atoms with Crippen LogP contribution in [-0.2, 0) is 32.6 Å². The van der Waals surface area contributed by atoms with Crippen LogP contribution in [0.3, 0.4) is 0 Å². The molecule has 0 aliphatic heterocycles. The van der Waals surface area contributed by atoms with Gasteiger partial charge in [-0.25, -0.2) is 12.8 Å². The zero-order valence-corrected chi connectivity index (χ0v) is 26.3. The van der Waals surface area contributed by atoms with Crippen molar-refractivity contribution in [3.05, 3.63) is 100 Å². The number of sulfonamides is 1. The van der Waals surface area contributed by atoms with Gasteiger partial charge in [-0.3, -0.25) is 13.9 Å². The fourth-order valence-electron chi connectivity index (χ4n) is 4.67. The molecule has 0 aliphatic rings. The van der Waals surface area contributed by atoms with E-state index in [1.807, 2.05) is 51.1 Å². The van der Waals surface area contributed by atoms with Crippen molar-refractivity contribution in [2.45, 2.75) is 65.1 Å². The molecule has 2 amide bonds. The Balaban J connectivity index is 1.93. The molecule has 3 aromatic carbocycles. The number of amides is 2. The van der Waals surface area contributed by atoms with Crippen LogP contribution in [0.5, 0.6) is 0 Å². The summed E-state index contributed by atoms with van der Waals surface area (Å²) in [6.07, 6.45) is 1.44. The van der Waals surface area contributed by atoms with Crippen LogP contribution in [0, 0.1) is 12.7 Å². The van der Waals surface area contributed by atoms with Gasteiger partial charge < -0.3 is 10.2 Å². The maximum atomic E-state index is 14.8. The average Bonchev–Trinajstić information content (AvgIpc) is 2.90. The molecule has 226 valence electrons. The molecule has 1 N–H and O–H groups in total. The lowest BCUT2D eigenvalue weighted by Crippen LogP contribution is -2.54. The van der Waals surface area contributed by atoms with E-state index in [0.717, 1.165) is 11.8 Å². The lowest BCUT2D eigenvalue weighted by molar-refractivity contribution is -0.142. The topological polar surface area (TPSA) is 86.8 Å². The lowest BCUT2D eigenvalue weighted by atomic mass is 10.00. The SMILES string of the molecule is Cc1c(Cl)cccc1N(CCCC(=O)N(Cc1ccccc1F)[C@@H](Cc1ccccc1)C(=O)NC(C)(C)C)S(C)(=O)=O. The van der Waals surface area contributed by atoms with Crippen molar-refractivity contribution >= 4 is 39.1 Å². The quantitative estimate of drug-likeness (QED) is 0.275.